The number of ether oxygens (including phenoxy) is 1. The van der Waals surface area contributed by atoms with E-state index in [0.29, 0.717) is 23.0 Å². The normalized spacial score (nSPS) is 13.1. The molecule has 2 N–H and O–H groups in total. The quantitative estimate of drug-likeness (QED) is 0.397. The summed E-state index contributed by atoms with van der Waals surface area (Å²) in [6, 6.07) is 16.4. The minimum atomic E-state index is -0.726. The summed E-state index contributed by atoms with van der Waals surface area (Å²) in [6.45, 7) is 8.55. The molecule has 2 aromatic carbocycles. The first kappa shape index (κ1) is 26.3. The van der Waals surface area contributed by atoms with Gasteiger partial charge in [-0.3, -0.25) is 14.9 Å². The fraction of sp³-hybridized carbons (Fsp3) is 0.407. The highest BCUT2D eigenvalue weighted by Crippen LogP contribution is 2.29. The van der Waals surface area contributed by atoms with Gasteiger partial charge in [0, 0.05) is 18.4 Å². The lowest BCUT2D eigenvalue weighted by Gasteiger charge is -2.24. The zero-order chi connectivity index (χ0) is 25.4. The predicted molar refractivity (Wildman–Crippen MR) is 140 cm³/mol. The van der Waals surface area contributed by atoms with Crippen molar-refractivity contribution >= 4 is 28.3 Å². The third-order valence-electron chi connectivity index (χ3n) is 5.40. The van der Waals surface area contributed by atoms with Gasteiger partial charge in [-0.15, -0.1) is 10.2 Å². The summed E-state index contributed by atoms with van der Waals surface area (Å²) >= 11 is 1.27. The molecule has 0 bridgehead atoms. The van der Waals surface area contributed by atoms with Gasteiger partial charge in [0.05, 0.1) is 7.11 Å². The van der Waals surface area contributed by atoms with Gasteiger partial charge >= 0.3 is 0 Å². The number of carbonyl (C=O) groups is 2. The van der Waals surface area contributed by atoms with E-state index in [1.54, 1.807) is 7.11 Å². The van der Waals surface area contributed by atoms with E-state index < -0.39 is 6.04 Å². The number of hydrogen-bond acceptors (Lipinski definition) is 6. The summed E-state index contributed by atoms with van der Waals surface area (Å²) in [4.78, 5) is 26.0. The molecule has 0 fully saturated rings. The van der Waals surface area contributed by atoms with Crippen LogP contribution in [0.1, 0.15) is 46.1 Å². The molecule has 7 nitrogen and oxygen atoms in total. The lowest BCUT2D eigenvalue weighted by Crippen LogP contribution is -2.45. The van der Waals surface area contributed by atoms with Crippen LogP contribution in [0.5, 0.6) is 5.75 Å². The second-order valence-electron chi connectivity index (χ2n) is 10.0. The van der Waals surface area contributed by atoms with Crippen LogP contribution in [0.2, 0.25) is 0 Å². The summed E-state index contributed by atoms with van der Waals surface area (Å²) in [7, 11) is 1.61. The maximum atomic E-state index is 13.2. The maximum absolute atomic E-state index is 13.2. The Labute approximate surface area is 211 Å². The summed E-state index contributed by atoms with van der Waals surface area (Å²) in [5.41, 5.74) is 1.95. The number of methoxy groups -OCH3 is 1. The summed E-state index contributed by atoms with van der Waals surface area (Å²) in [5, 5.41) is 15.2. The molecule has 2 atom stereocenters. The van der Waals surface area contributed by atoms with Crippen LogP contribution >= 0.6 is 11.3 Å². The molecule has 0 saturated heterocycles. The molecule has 1 heterocycles. The molecule has 186 valence electrons. The monoisotopic (exact) mass is 494 g/mol. The minimum absolute atomic E-state index is 0.132. The number of nitrogens with one attached hydrogen (secondary N) is 2. The predicted octanol–water partition coefficient (Wildman–Crippen LogP) is 5.34. The van der Waals surface area contributed by atoms with E-state index in [0.717, 1.165) is 23.3 Å². The molecule has 3 aromatic rings. The third-order valence-corrected chi connectivity index (χ3v) is 6.29. The highest BCUT2D eigenvalue weighted by Gasteiger charge is 2.25. The van der Waals surface area contributed by atoms with E-state index in [4.69, 9.17) is 4.74 Å². The van der Waals surface area contributed by atoms with Crippen LogP contribution in [0.3, 0.4) is 0 Å². The largest absolute Gasteiger partial charge is 0.497 e. The van der Waals surface area contributed by atoms with E-state index in [1.807, 2.05) is 54.6 Å². The molecule has 0 aliphatic rings. The lowest BCUT2D eigenvalue weighted by atomic mass is 9.84. The van der Waals surface area contributed by atoms with Crippen molar-refractivity contribution in [3.63, 3.8) is 0 Å². The Morgan fingerprint density at radius 3 is 2.49 bits per heavy atom. The topological polar surface area (TPSA) is 93.2 Å². The standard InChI is InChI=1S/C27H34N4O3S/c1-18(17-27(2,3)4)14-23(32)28-22(15-19-10-7-6-8-11-19)24(33)29-26-31-30-25(35-26)20-12-9-13-21(16-20)34-5/h6-13,16,18,22H,14-15,17H2,1-5H3,(H,28,32)(H,29,31,33)/t18-,22+/m1/s1. The van der Waals surface area contributed by atoms with Crippen molar-refractivity contribution in [3.8, 4) is 16.3 Å². The average molecular weight is 495 g/mol. The van der Waals surface area contributed by atoms with Gasteiger partial charge in [-0.1, -0.05) is 81.5 Å². The van der Waals surface area contributed by atoms with Gasteiger partial charge in [0.1, 0.15) is 16.8 Å². The number of rotatable bonds is 10. The smallest absolute Gasteiger partial charge is 0.249 e. The van der Waals surface area contributed by atoms with Gasteiger partial charge in [-0.25, -0.2) is 0 Å². The fourth-order valence-electron chi connectivity index (χ4n) is 4.09. The van der Waals surface area contributed by atoms with Crippen LogP contribution in [-0.4, -0.2) is 35.2 Å². The molecule has 0 aliphatic heterocycles. The SMILES string of the molecule is COc1cccc(-c2nnc(NC(=O)[C@H](Cc3ccccc3)NC(=O)C[C@@H](C)CC(C)(C)C)s2)c1. The first-order chi connectivity index (χ1) is 16.6. The zero-order valence-electron chi connectivity index (χ0n) is 21.0. The number of carbonyl (C=O) groups excluding carboxylic acids is 2. The van der Waals surface area contributed by atoms with Gasteiger partial charge < -0.3 is 10.1 Å². The molecule has 8 heteroatoms. The van der Waals surface area contributed by atoms with E-state index in [-0.39, 0.29) is 23.1 Å². The van der Waals surface area contributed by atoms with Crippen molar-refractivity contribution in [1.29, 1.82) is 0 Å². The Morgan fingerprint density at radius 2 is 1.80 bits per heavy atom. The number of aromatic nitrogens is 2. The second-order valence-corrected chi connectivity index (χ2v) is 11.0. The number of amides is 2. The molecule has 0 saturated carbocycles. The first-order valence-corrected chi connectivity index (χ1v) is 12.6. The van der Waals surface area contributed by atoms with Gasteiger partial charge in [0.25, 0.3) is 0 Å². The lowest BCUT2D eigenvalue weighted by molar-refractivity contribution is -0.127. The molecule has 0 aliphatic carbocycles. The number of anilines is 1. The van der Waals surface area contributed by atoms with Gasteiger partial charge in [0.15, 0.2) is 0 Å². The summed E-state index contributed by atoms with van der Waals surface area (Å²) in [6.07, 6.45) is 1.68. The van der Waals surface area contributed by atoms with Gasteiger partial charge in [0.2, 0.25) is 16.9 Å². The van der Waals surface area contributed by atoms with Crippen molar-refractivity contribution in [2.45, 2.75) is 53.0 Å². The molecule has 35 heavy (non-hydrogen) atoms. The Balaban J connectivity index is 1.70. The zero-order valence-corrected chi connectivity index (χ0v) is 21.8. The van der Waals surface area contributed by atoms with Crippen molar-refractivity contribution in [2.75, 3.05) is 12.4 Å². The van der Waals surface area contributed by atoms with Crippen molar-refractivity contribution in [2.24, 2.45) is 11.3 Å². The van der Waals surface area contributed by atoms with E-state index in [1.165, 1.54) is 11.3 Å². The Bertz CT molecular complexity index is 1120. The highest BCUT2D eigenvalue weighted by molar-refractivity contribution is 7.18. The Morgan fingerprint density at radius 1 is 1.06 bits per heavy atom. The molecule has 3 rings (SSSR count). The summed E-state index contributed by atoms with van der Waals surface area (Å²) in [5.74, 6) is 0.477. The second kappa shape index (κ2) is 11.9. The number of hydrogen-bond donors (Lipinski definition) is 2. The minimum Gasteiger partial charge on any atom is -0.497 e. The van der Waals surface area contributed by atoms with Crippen molar-refractivity contribution in [3.05, 3.63) is 60.2 Å². The van der Waals surface area contributed by atoms with Gasteiger partial charge in [-0.2, -0.15) is 0 Å². The number of benzene rings is 2. The fourth-order valence-corrected chi connectivity index (χ4v) is 4.83. The van der Waals surface area contributed by atoms with Gasteiger partial charge in [-0.05, 0) is 35.4 Å². The van der Waals surface area contributed by atoms with Crippen LogP contribution in [0, 0.1) is 11.3 Å². The van der Waals surface area contributed by atoms with E-state index in [9.17, 15) is 9.59 Å². The van der Waals surface area contributed by atoms with Crippen molar-refractivity contribution < 1.29 is 14.3 Å². The highest BCUT2D eigenvalue weighted by atomic mass is 32.1. The van der Waals surface area contributed by atoms with Crippen LogP contribution < -0.4 is 15.4 Å². The van der Waals surface area contributed by atoms with Crippen LogP contribution in [0.15, 0.2) is 54.6 Å². The van der Waals surface area contributed by atoms with E-state index >= 15 is 0 Å². The molecular weight excluding hydrogens is 460 g/mol. The van der Waals surface area contributed by atoms with Crippen LogP contribution in [0.25, 0.3) is 10.6 Å². The van der Waals surface area contributed by atoms with Crippen molar-refractivity contribution in [1.82, 2.24) is 15.5 Å². The summed E-state index contributed by atoms with van der Waals surface area (Å²) < 4.78 is 5.27. The first-order valence-electron chi connectivity index (χ1n) is 11.7. The average Bonchev–Trinajstić information content (AvgIpc) is 3.26. The van der Waals surface area contributed by atoms with E-state index in [2.05, 4.69) is 48.5 Å². The molecule has 0 unspecified atom stereocenters. The molecule has 0 spiro atoms. The maximum Gasteiger partial charge on any atom is 0.249 e. The Hall–Kier alpha value is -3.26. The molecule has 2 amide bonds. The molecule has 1 aromatic heterocycles. The Kier molecular flexibility index (Phi) is 8.98. The molecular formula is C27H34N4O3S. The van der Waals surface area contributed by atoms with Crippen LogP contribution in [0.4, 0.5) is 5.13 Å². The third kappa shape index (κ3) is 8.47. The van der Waals surface area contributed by atoms with Crippen LogP contribution in [-0.2, 0) is 16.0 Å². The number of nitrogens with zero attached hydrogens (tertiary/aromatic N) is 2. The molecule has 0 radical (unpaired) electrons.